The summed E-state index contributed by atoms with van der Waals surface area (Å²) in [7, 11) is 1.09. The first-order valence-electron chi connectivity index (χ1n) is 4.89. The maximum Gasteiger partial charge on any atom is 0.339 e. The maximum absolute atomic E-state index is 13.7. The van der Waals surface area contributed by atoms with Crippen LogP contribution < -0.4 is 4.74 Å². The predicted molar refractivity (Wildman–Crippen MR) is 54.5 cm³/mol. The Hall–Kier alpha value is -1.69. The number of ether oxygens (including phenoxy) is 2. The molecule has 0 saturated heterocycles. The van der Waals surface area contributed by atoms with Crippen LogP contribution in [0.4, 0.5) is 8.78 Å². The molecule has 0 saturated carbocycles. The molecule has 1 aromatic carbocycles. The third kappa shape index (κ3) is 2.71. The largest absolute Gasteiger partial charge is 0.491 e. The van der Waals surface area contributed by atoms with Crippen molar-refractivity contribution in [3.8, 4) is 5.75 Å². The molecule has 4 nitrogen and oxygen atoms in total. The number of esters is 1. The Morgan fingerprint density at radius 1 is 1.47 bits per heavy atom. The summed E-state index contributed by atoms with van der Waals surface area (Å²) in [4.78, 5) is 11.2. The molecule has 0 aliphatic heterocycles. The van der Waals surface area contributed by atoms with E-state index in [1.54, 1.807) is 6.92 Å². The molecule has 0 aliphatic rings. The molecule has 0 heterocycles. The SMILES string of the molecule is CCOC(=O)C(O)c1ccc(F)c(OC)c1F. The van der Waals surface area contributed by atoms with E-state index in [4.69, 9.17) is 0 Å². The van der Waals surface area contributed by atoms with Gasteiger partial charge in [0.1, 0.15) is 0 Å². The fourth-order valence-electron chi connectivity index (χ4n) is 1.29. The molecule has 17 heavy (non-hydrogen) atoms. The molecule has 0 spiro atoms. The van der Waals surface area contributed by atoms with Gasteiger partial charge in [0.05, 0.1) is 13.7 Å². The first-order valence-corrected chi connectivity index (χ1v) is 4.89. The minimum atomic E-state index is -1.80. The van der Waals surface area contributed by atoms with Gasteiger partial charge in [0.25, 0.3) is 0 Å². The van der Waals surface area contributed by atoms with E-state index in [1.807, 2.05) is 0 Å². The fraction of sp³-hybridized carbons (Fsp3) is 0.364. The standard InChI is InChI=1S/C11H12F2O4/c1-3-17-11(15)9(14)6-4-5-7(12)10(16-2)8(6)13/h4-5,9,14H,3H2,1-2H3. The van der Waals surface area contributed by atoms with E-state index >= 15 is 0 Å². The maximum atomic E-state index is 13.7. The quantitative estimate of drug-likeness (QED) is 0.819. The summed E-state index contributed by atoms with van der Waals surface area (Å²) in [5, 5.41) is 9.52. The molecule has 1 atom stereocenters. The molecular formula is C11H12F2O4. The Bertz CT molecular complexity index is 420. The van der Waals surface area contributed by atoms with Crippen molar-refractivity contribution in [1.29, 1.82) is 0 Å². The van der Waals surface area contributed by atoms with E-state index in [0.29, 0.717) is 0 Å². The highest BCUT2D eigenvalue weighted by molar-refractivity contribution is 5.76. The van der Waals surface area contributed by atoms with E-state index in [9.17, 15) is 18.7 Å². The van der Waals surface area contributed by atoms with Crippen molar-refractivity contribution < 1.29 is 28.2 Å². The van der Waals surface area contributed by atoms with Gasteiger partial charge in [-0.05, 0) is 19.1 Å². The summed E-state index contributed by atoms with van der Waals surface area (Å²) in [6.45, 7) is 1.60. The second-order valence-electron chi connectivity index (χ2n) is 3.14. The topological polar surface area (TPSA) is 55.8 Å². The van der Waals surface area contributed by atoms with Crippen molar-refractivity contribution >= 4 is 5.97 Å². The number of carbonyl (C=O) groups excluding carboxylic acids is 1. The Kier molecular flexibility index (Phi) is 4.39. The monoisotopic (exact) mass is 246 g/mol. The van der Waals surface area contributed by atoms with Crippen molar-refractivity contribution in [3.05, 3.63) is 29.3 Å². The molecule has 0 aliphatic carbocycles. The molecule has 0 amide bonds. The Morgan fingerprint density at radius 3 is 2.65 bits per heavy atom. The van der Waals surface area contributed by atoms with Crippen LogP contribution in [-0.2, 0) is 9.53 Å². The van der Waals surface area contributed by atoms with E-state index in [1.165, 1.54) is 0 Å². The molecule has 1 aromatic rings. The van der Waals surface area contributed by atoms with Crippen molar-refractivity contribution in [1.82, 2.24) is 0 Å². The van der Waals surface area contributed by atoms with Crippen LogP contribution in [0.5, 0.6) is 5.75 Å². The van der Waals surface area contributed by atoms with Crippen LogP contribution >= 0.6 is 0 Å². The number of benzene rings is 1. The van der Waals surface area contributed by atoms with Gasteiger partial charge in [-0.3, -0.25) is 0 Å². The lowest BCUT2D eigenvalue weighted by Gasteiger charge is -2.13. The molecule has 6 heteroatoms. The zero-order chi connectivity index (χ0) is 13.0. The number of rotatable bonds is 4. The van der Waals surface area contributed by atoms with E-state index < -0.39 is 29.5 Å². The van der Waals surface area contributed by atoms with Crippen LogP contribution in [0.2, 0.25) is 0 Å². The Balaban J connectivity index is 3.10. The van der Waals surface area contributed by atoms with Crippen LogP contribution in [0.1, 0.15) is 18.6 Å². The van der Waals surface area contributed by atoms with Crippen LogP contribution in [0.25, 0.3) is 0 Å². The second-order valence-corrected chi connectivity index (χ2v) is 3.14. The van der Waals surface area contributed by atoms with E-state index in [2.05, 4.69) is 9.47 Å². The molecule has 1 unspecified atom stereocenters. The van der Waals surface area contributed by atoms with Crippen LogP contribution in [-0.4, -0.2) is 24.8 Å². The number of hydrogen-bond acceptors (Lipinski definition) is 4. The van der Waals surface area contributed by atoms with Crippen molar-refractivity contribution in [2.24, 2.45) is 0 Å². The van der Waals surface area contributed by atoms with Crippen molar-refractivity contribution in [2.45, 2.75) is 13.0 Å². The van der Waals surface area contributed by atoms with Gasteiger partial charge in [-0.2, -0.15) is 0 Å². The highest BCUT2D eigenvalue weighted by atomic mass is 19.1. The first-order chi connectivity index (χ1) is 8.02. The van der Waals surface area contributed by atoms with Crippen LogP contribution in [0.3, 0.4) is 0 Å². The van der Waals surface area contributed by atoms with Crippen molar-refractivity contribution in [3.63, 3.8) is 0 Å². The molecular weight excluding hydrogens is 234 g/mol. The summed E-state index contributed by atoms with van der Waals surface area (Å²) in [5.74, 6) is -3.68. The normalized spacial score (nSPS) is 12.1. The molecule has 1 N–H and O–H groups in total. The van der Waals surface area contributed by atoms with Crippen LogP contribution in [0.15, 0.2) is 12.1 Å². The molecule has 1 rings (SSSR count). The summed E-state index contributed by atoms with van der Waals surface area (Å²) in [6.07, 6.45) is -1.80. The van der Waals surface area contributed by atoms with E-state index in [0.717, 1.165) is 19.2 Å². The summed E-state index contributed by atoms with van der Waals surface area (Å²) < 4.78 is 35.8. The fourth-order valence-corrected chi connectivity index (χ4v) is 1.29. The smallest absolute Gasteiger partial charge is 0.339 e. The highest BCUT2D eigenvalue weighted by Crippen LogP contribution is 2.28. The Morgan fingerprint density at radius 2 is 2.12 bits per heavy atom. The lowest BCUT2D eigenvalue weighted by Crippen LogP contribution is -2.17. The average Bonchev–Trinajstić information content (AvgIpc) is 2.29. The number of carbonyl (C=O) groups is 1. The molecule has 0 radical (unpaired) electrons. The number of halogens is 2. The van der Waals surface area contributed by atoms with Gasteiger partial charge in [0.15, 0.2) is 23.5 Å². The van der Waals surface area contributed by atoms with Gasteiger partial charge in [-0.15, -0.1) is 0 Å². The zero-order valence-corrected chi connectivity index (χ0v) is 9.37. The first kappa shape index (κ1) is 13.4. The lowest BCUT2D eigenvalue weighted by molar-refractivity contribution is -0.153. The number of methoxy groups -OCH3 is 1. The minimum Gasteiger partial charge on any atom is -0.491 e. The van der Waals surface area contributed by atoms with Gasteiger partial charge in [0.2, 0.25) is 0 Å². The molecule has 0 bridgehead atoms. The van der Waals surface area contributed by atoms with Gasteiger partial charge >= 0.3 is 5.97 Å². The van der Waals surface area contributed by atoms with Crippen molar-refractivity contribution in [2.75, 3.05) is 13.7 Å². The number of hydrogen-bond donors (Lipinski definition) is 1. The molecule has 0 fully saturated rings. The Labute approximate surface area is 96.8 Å². The highest BCUT2D eigenvalue weighted by Gasteiger charge is 2.25. The minimum absolute atomic E-state index is 0.0514. The second kappa shape index (κ2) is 5.58. The average molecular weight is 246 g/mol. The number of aliphatic hydroxyl groups is 1. The zero-order valence-electron chi connectivity index (χ0n) is 9.37. The number of aliphatic hydroxyl groups excluding tert-OH is 1. The van der Waals surface area contributed by atoms with Gasteiger partial charge in [0, 0.05) is 5.56 Å². The lowest BCUT2D eigenvalue weighted by atomic mass is 10.1. The molecule has 0 aromatic heterocycles. The van der Waals surface area contributed by atoms with Gasteiger partial charge in [-0.1, -0.05) is 0 Å². The third-order valence-corrected chi connectivity index (χ3v) is 2.09. The summed E-state index contributed by atoms with van der Waals surface area (Å²) in [5.41, 5.74) is -0.387. The van der Waals surface area contributed by atoms with Gasteiger partial charge < -0.3 is 14.6 Å². The summed E-state index contributed by atoms with van der Waals surface area (Å²) >= 11 is 0. The van der Waals surface area contributed by atoms with Gasteiger partial charge in [-0.25, -0.2) is 13.6 Å². The van der Waals surface area contributed by atoms with E-state index in [-0.39, 0.29) is 12.2 Å². The summed E-state index contributed by atoms with van der Waals surface area (Å²) in [6, 6.07) is 1.87. The third-order valence-electron chi connectivity index (χ3n) is 2.09. The molecule has 94 valence electrons. The predicted octanol–water partition coefficient (Wildman–Crippen LogP) is 1.57. The van der Waals surface area contributed by atoms with Crippen LogP contribution in [0, 0.1) is 11.6 Å².